The molecule has 1 aromatic rings. The molecular weight excluding hydrogens is 190 g/mol. The number of nitrogens with one attached hydrogen (secondary N) is 2. The van der Waals surface area contributed by atoms with E-state index in [2.05, 4.69) is 20.7 Å². The maximum atomic E-state index is 4.24. The van der Waals surface area contributed by atoms with Crippen LogP contribution in [0.15, 0.2) is 6.33 Å². The van der Waals surface area contributed by atoms with E-state index in [0.717, 1.165) is 25.3 Å². The van der Waals surface area contributed by atoms with E-state index >= 15 is 0 Å². The van der Waals surface area contributed by atoms with E-state index in [1.807, 2.05) is 7.05 Å². The summed E-state index contributed by atoms with van der Waals surface area (Å²) >= 11 is 0. The van der Waals surface area contributed by atoms with Crippen molar-refractivity contribution in [3.8, 4) is 0 Å². The Morgan fingerprint density at radius 1 is 1.67 bits per heavy atom. The van der Waals surface area contributed by atoms with E-state index in [-0.39, 0.29) is 0 Å². The Kier molecular flexibility index (Phi) is 3.69. The molecule has 0 radical (unpaired) electrons. The van der Waals surface area contributed by atoms with Crippen LogP contribution in [0.25, 0.3) is 0 Å². The molecule has 5 nitrogen and oxygen atoms in total. The summed E-state index contributed by atoms with van der Waals surface area (Å²) in [5.74, 6) is 0.925. The molecule has 0 amide bonds. The summed E-state index contributed by atoms with van der Waals surface area (Å²) in [5, 5.41) is 11.2. The average Bonchev–Trinajstić information content (AvgIpc) is 2.66. The molecule has 1 atom stereocenters. The summed E-state index contributed by atoms with van der Waals surface area (Å²) in [7, 11) is 1.90. The molecule has 0 aliphatic carbocycles. The van der Waals surface area contributed by atoms with Gasteiger partial charge in [-0.05, 0) is 19.4 Å². The van der Waals surface area contributed by atoms with Gasteiger partial charge in [-0.1, -0.05) is 0 Å². The maximum absolute atomic E-state index is 4.24. The highest BCUT2D eigenvalue weighted by molar-refractivity contribution is 4.83. The van der Waals surface area contributed by atoms with E-state index in [0.29, 0.717) is 6.04 Å². The zero-order chi connectivity index (χ0) is 10.5. The molecule has 1 aliphatic rings. The fourth-order valence-corrected chi connectivity index (χ4v) is 1.91. The fraction of sp³-hybridized carbons (Fsp3) is 0.800. The second-order valence-electron chi connectivity index (χ2n) is 4.08. The molecule has 2 rings (SSSR count). The summed E-state index contributed by atoms with van der Waals surface area (Å²) in [5.41, 5.74) is 0. The quantitative estimate of drug-likeness (QED) is 0.715. The summed E-state index contributed by atoms with van der Waals surface area (Å²) in [4.78, 5) is 4.19. The molecule has 1 fully saturated rings. The van der Waals surface area contributed by atoms with Crippen LogP contribution in [0, 0.1) is 0 Å². The Labute approximate surface area is 90.3 Å². The van der Waals surface area contributed by atoms with E-state index in [9.17, 15) is 0 Å². The van der Waals surface area contributed by atoms with Gasteiger partial charge in [0.15, 0.2) is 5.82 Å². The van der Waals surface area contributed by atoms with Crippen LogP contribution < -0.4 is 10.6 Å². The molecule has 1 aliphatic heterocycles. The van der Waals surface area contributed by atoms with Crippen molar-refractivity contribution in [1.82, 2.24) is 25.4 Å². The number of nitrogens with zero attached hydrogens (tertiary/aromatic N) is 3. The van der Waals surface area contributed by atoms with Gasteiger partial charge in [0.2, 0.25) is 0 Å². The van der Waals surface area contributed by atoms with Crippen molar-refractivity contribution in [2.24, 2.45) is 7.05 Å². The van der Waals surface area contributed by atoms with Crippen LogP contribution in [0.5, 0.6) is 0 Å². The number of rotatable bonds is 4. The van der Waals surface area contributed by atoms with Crippen molar-refractivity contribution in [2.45, 2.75) is 25.3 Å². The first-order valence-corrected chi connectivity index (χ1v) is 5.63. The van der Waals surface area contributed by atoms with Crippen LogP contribution in [-0.2, 0) is 13.5 Å². The second-order valence-corrected chi connectivity index (χ2v) is 4.08. The molecule has 84 valence electrons. The van der Waals surface area contributed by atoms with Gasteiger partial charge in [-0.2, -0.15) is 5.10 Å². The van der Waals surface area contributed by atoms with E-state index in [1.54, 1.807) is 11.0 Å². The van der Waals surface area contributed by atoms with Crippen molar-refractivity contribution < 1.29 is 0 Å². The number of aromatic nitrogens is 3. The smallest absolute Gasteiger partial charge is 0.151 e. The minimum atomic E-state index is 0.627. The highest BCUT2D eigenvalue weighted by Gasteiger charge is 2.11. The van der Waals surface area contributed by atoms with Gasteiger partial charge in [-0.25, -0.2) is 4.98 Å². The highest BCUT2D eigenvalue weighted by Crippen LogP contribution is 2.00. The maximum Gasteiger partial charge on any atom is 0.151 e. The lowest BCUT2D eigenvalue weighted by Gasteiger charge is -2.23. The van der Waals surface area contributed by atoms with E-state index in [4.69, 9.17) is 0 Å². The van der Waals surface area contributed by atoms with Crippen LogP contribution in [-0.4, -0.2) is 40.4 Å². The Hall–Kier alpha value is -0.940. The standard InChI is InChI=1S/C10H19N5/c1-15-8-13-10(14-15)4-6-12-9-3-2-5-11-7-9/h8-9,11-12H,2-7H2,1H3. The Morgan fingerprint density at radius 3 is 3.27 bits per heavy atom. The molecular formula is C10H19N5. The van der Waals surface area contributed by atoms with Gasteiger partial charge in [0.25, 0.3) is 0 Å². The van der Waals surface area contributed by atoms with Gasteiger partial charge < -0.3 is 10.6 Å². The highest BCUT2D eigenvalue weighted by atomic mass is 15.3. The van der Waals surface area contributed by atoms with Crippen molar-refractivity contribution in [3.63, 3.8) is 0 Å². The van der Waals surface area contributed by atoms with Crippen LogP contribution in [0.1, 0.15) is 18.7 Å². The topological polar surface area (TPSA) is 54.8 Å². The zero-order valence-corrected chi connectivity index (χ0v) is 9.24. The van der Waals surface area contributed by atoms with Crippen molar-refractivity contribution in [1.29, 1.82) is 0 Å². The summed E-state index contributed by atoms with van der Waals surface area (Å²) in [6, 6.07) is 0.627. The molecule has 0 aromatic carbocycles. The van der Waals surface area contributed by atoms with Gasteiger partial charge in [0.1, 0.15) is 6.33 Å². The molecule has 1 aromatic heterocycles. The molecule has 5 heteroatoms. The molecule has 1 saturated heterocycles. The Bertz CT molecular complexity index is 290. The Balaban J connectivity index is 1.65. The number of hydrogen-bond acceptors (Lipinski definition) is 4. The van der Waals surface area contributed by atoms with Gasteiger partial charge in [0, 0.05) is 32.6 Å². The predicted octanol–water partition coefficient (Wildman–Crippen LogP) is -0.301. The van der Waals surface area contributed by atoms with Crippen molar-refractivity contribution >= 4 is 0 Å². The molecule has 0 bridgehead atoms. The third-order valence-corrected chi connectivity index (χ3v) is 2.73. The summed E-state index contributed by atoms with van der Waals surface area (Å²) in [6.45, 7) is 3.23. The normalized spacial score (nSPS) is 21.8. The van der Waals surface area contributed by atoms with Crippen LogP contribution >= 0.6 is 0 Å². The molecule has 15 heavy (non-hydrogen) atoms. The third-order valence-electron chi connectivity index (χ3n) is 2.73. The number of piperidine rings is 1. The lowest BCUT2D eigenvalue weighted by Crippen LogP contribution is -2.43. The molecule has 0 saturated carbocycles. The minimum absolute atomic E-state index is 0.627. The lowest BCUT2D eigenvalue weighted by molar-refractivity contribution is 0.391. The molecule has 2 N–H and O–H groups in total. The Morgan fingerprint density at radius 2 is 2.60 bits per heavy atom. The van der Waals surface area contributed by atoms with E-state index in [1.165, 1.54) is 19.4 Å². The summed E-state index contributed by atoms with van der Waals surface area (Å²) in [6.07, 6.45) is 5.22. The first kappa shape index (κ1) is 10.6. The SMILES string of the molecule is Cn1cnc(CCNC2CCCNC2)n1. The largest absolute Gasteiger partial charge is 0.315 e. The van der Waals surface area contributed by atoms with Gasteiger partial charge in [-0.3, -0.25) is 4.68 Å². The summed E-state index contributed by atoms with van der Waals surface area (Å²) < 4.78 is 1.75. The predicted molar refractivity (Wildman–Crippen MR) is 58.6 cm³/mol. The van der Waals surface area contributed by atoms with Gasteiger partial charge in [0.05, 0.1) is 0 Å². The molecule has 0 spiro atoms. The molecule has 2 heterocycles. The first-order chi connectivity index (χ1) is 7.34. The second kappa shape index (κ2) is 5.23. The number of hydrogen-bond donors (Lipinski definition) is 2. The van der Waals surface area contributed by atoms with Gasteiger partial charge >= 0.3 is 0 Å². The molecule has 1 unspecified atom stereocenters. The third kappa shape index (κ3) is 3.28. The lowest BCUT2D eigenvalue weighted by atomic mass is 10.1. The van der Waals surface area contributed by atoms with Crippen molar-refractivity contribution in [2.75, 3.05) is 19.6 Å². The van der Waals surface area contributed by atoms with Crippen LogP contribution in [0.2, 0.25) is 0 Å². The van der Waals surface area contributed by atoms with E-state index < -0.39 is 0 Å². The van der Waals surface area contributed by atoms with Crippen molar-refractivity contribution in [3.05, 3.63) is 12.2 Å². The minimum Gasteiger partial charge on any atom is -0.315 e. The fourth-order valence-electron chi connectivity index (χ4n) is 1.91. The average molecular weight is 209 g/mol. The first-order valence-electron chi connectivity index (χ1n) is 5.63. The number of aryl methyl sites for hydroxylation is 1. The van der Waals surface area contributed by atoms with Gasteiger partial charge in [-0.15, -0.1) is 0 Å². The zero-order valence-electron chi connectivity index (χ0n) is 9.24. The monoisotopic (exact) mass is 209 g/mol. The van der Waals surface area contributed by atoms with Crippen LogP contribution in [0.4, 0.5) is 0 Å². The van der Waals surface area contributed by atoms with Crippen LogP contribution in [0.3, 0.4) is 0 Å².